The van der Waals surface area contributed by atoms with Crippen LogP contribution in [0.15, 0.2) is 29.4 Å². The summed E-state index contributed by atoms with van der Waals surface area (Å²) in [5, 5.41) is 0.0757. The third-order valence-electron chi connectivity index (χ3n) is 4.86. The molecule has 2 rings (SSSR count). The highest BCUT2D eigenvalue weighted by Gasteiger charge is 2.42. The molecule has 7 nitrogen and oxygen atoms in total. The lowest BCUT2D eigenvalue weighted by molar-refractivity contribution is -0.123. The van der Waals surface area contributed by atoms with Crippen molar-refractivity contribution in [1.29, 1.82) is 0 Å². The number of aromatic nitrogens is 2. The Morgan fingerprint density at radius 3 is 2.35 bits per heavy atom. The first kappa shape index (κ1) is 20.7. The summed E-state index contributed by atoms with van der Waals surface area (Å²) in [7, 11) is -1.93. The second kappa shape index (κ2) is 7.97. The van der Waals surface area contributed by atoms with E-state index in [-0.39, 0.29) is 30.1 Å². The van der Waals surface area contributed by atoms with Crippen molar-refractivity contribution >= 4 is 36.2 Å². The fourth-order valence-electron chi connectivity index (χ4n) is 2.25. The molecule has 142 valence electrons. The molecule has 0 atom stereocenters. The number of urea groups is 1. The van der Waals surface area contributed by atoms with Gasteiger partial charge in [-0.3, -0.25) is 14.6 Å². The van der Waals surface area contributed by atoms with Crippen molar-refractivity contribution in [2.45, 2.75) is 45.4 Å². The van der Waals surface area contributed by atoms with E-state index in [1.807, 2.05) is 0 Å². The minimum Gasteiger partial charge on any atom is -0.415 e. The summed E-state index contributed by atoms with van der Waals surface area (Å²) in [4.78, 5) is 37.3. The number of carbonyl (C=O) groups is 2. The normalized spacial score (nSPS) is 17.5. The zero-order valence-electron chi connectivity index (χ0n) is 15.8. The number of rotatable bonds is 6. The molecule has 0 saturated carbocycles. The largest absolute Gasteiger partial charge is 0.415 e. The molecule has 1 fully saturated rings. The van der Waals surface area contributed by atoms with E-state index >= 15 is 0 Å². The van der Waals surface area contributed by atoms with Crippen molar-refractivity contribution in [2.75, 3.05) is 13.2 Å². The number of hydrogen-bond donors (Lipinski definition) is 0. The Balaban J connectivity index is 2.06. The molecule has 1 aromatic rings. The Hall–Kier alpha value is -1.58. The number of amides is 3. The SMILES string of the molecule is CC(C)(C)[Si](C)(C)OCCN1C(=O)/C(=C/Br)N(Cc2cncnc2)C1=O. The van der Waals surface area contributed by atoms with Gasteiger partial charge in [-0.1, -0.05) is 36.7 Å². The average molecular weight is 441 g/mol. The van der Waals surface area contributed by atoms with Gasteiger partial charge in [-0.25, -0.2) is 14.8 Å². The minimum absolute atomic E-state index is 0.0757. The maximum Gasteiger partial charge on any atom is 0.332 e. The standard InChI is InChI=1S/C17H25BrN4O3Si/c1-17(2,3)26(4,5)25-7-6-21-15(23)14(8-18)22(16(21)24)11-13-9-19-12-20-10-13/h8-10,12H,6-7,11H2,1-5H3/b14-8-. The van der Waals surface area contributed by atoms with E-state index in [4.69, 9.17) is 4.43 Å². The summed E-state index contributed by atoms with van der Waals surface area (Å²) in [5.74, 6) is -0.331. The predicted octanol–water partition coefficient (Wildman–Crippen LogP) is 3.50. The van der Waals surface area contributed by atoms with Crippen LogP contribution in [-0.4, -0.2) is 53.2 Å². The smallest absolute Gasteiger partial charge is 0.332 e. The Morgan fingerprint density at radius 1 is 1.19 bits per heavy atom. The molecular formula is C17H25BrN4O3Si. The summed E-state index contributed by atoms with van der Waals surface area (Å²) >= 11 is 3.19. The highest BCUT2D eigenvalue weighted by atomic mass is 79.9. The van der Waals surface area contributed by atoms with Crippen molar-refractivity contribution in [1.82, 2.24) is 19.8 Å². The molecule has 0 unspecified atom stereocenters. The topological polar surface area (TPSA) is 75.6 Å². The number of nitrogens with zero attached hydrogens (tertiary/aromatic N) is 4. The number of hydrogen-bond acceptors (Lipinski definition) is 5. The van der Waals surface area contributed by atoms with E-state index in [1.165, 1.54) is 21.1 Å². The van der Waals surface area contributed by atoms with E-state index in [0.717, 1.165) is 5.56 Å². The van der Waals surface area contributed by atoms with Crippen LogP contribution in [0.4, 0.5) is 4.79 Å². The predicted molar refractivity (Wildman–Crippen MR) is 105 cm³/mol. The van der Waals surface area contributed by atoms with Crippen LogP contribution in [0.25, 0.3) is 0 Å². The Morgan fingerprint density at radius 2 is 1.81 bits per heavy atom. The lowest BCUT2D eigenvalue weighted by atomic mass is 10.2. The molecule has 26 heavy (non-hydrogen) atoms. The van der Waals surface area contributed by atoms with Gasteiger partial charge in [0, 0.05) is 22.9 Å². The van der Waals surface area contributed by atoms with Gasteiger partial charge in [0.25, 0.3) is 5.91 Å². The van der Waals surface area contributed by atoms with Gasteiger partial charge >= 0.3 is 6.03 Å². The van der Waals surface area contributed by atoms with E-state index in [0.29, 0.717) is 12.3 Å². The molecule has 0 aromatic carbocycles. The summed E-state index contributed by atoms with van der Waals surface area (Å²) in [5.41, 5.74) is 1.05. The molecule has 9 heteroatoms. The molecule has 1 aliphatic rings. The van der Waals surface area contributed by atoms with Crippen LogP contribution in [0.3, 0.4) is 0 Å². The molecule has 1 saturated heterocycles. The summed E-state index contributed by atoms with van der Waals surface area (Å²) in [6, 6.07) is -0.358. The average Bonchev–Trinajstić information content (AvgIpc) is 2.78. The molecule has 1 aromatic heterocycles. The first-order valence-electron chi connectivity index (χ1n) is 8.40. The Bertz CT molecular complexity index is 704. The number of carbonyl (C=O) groups excluding carboxylic acids is 2. The molecule has 0 bridgehead atoms. The van der Waals surface area contributed by atoms with E-state index < -0.39 is 8.32 Å². The van der Waals surface area contributed by atoms with E-state index in [2.05, 4.69) is 59.8 Å². The lowest BCUT2D eigenvalue weighted by Crippen LogP contribution is -2.43. The fourth-order valence-corrected chi connectivity index (χ4v) is 3.73. The molecule has 0 spiro atoms. The van der Waals surface area contributed by atoms with Crippen molar-refractivity contribution in [3.05, 3.63) is 35.0 Å². The number of halogens is 1. The second-order valence-electron chi connectivity index (χ2n) is 7.68. The zero-order chi connectivity index (χ0) is 19.5. The van der Waals surface area contributed by atoms with Crippen molar-refractivity contribution in [3.63, 3.8) is 0 Å². The zero-order valence-corrected chi connectivity index (χ0v) is 18.4. The monoisotopic (exact) mass is 440 g/mol. The lowest BCUT2D eigenvalue weighted by Gasteiger charge is -2.36. The van der Waals surface area contributed by atoms with Crippen LogP contribution in [0.5, 0.6) is 0 Å². The first-order valence-corrected chi connectivity index (χ1v) is 12.2. The van der Waals surface area contributed by atoms with Crippen LogP contribution in [0.2, 0.25) is 18.1 Å². The molecule has 1 aliphatic heterocycles. The van der Waals surface area contributed by atoms with E-state index in [1.54, 1.807) is 12.4 Å². The van der Waals surface area contributed by atoms with Gasteiger partial charge in [0.2, 0.25) is 0 Å². The minimum atomic E-state index is -1.93. The molecular weight excluding hydrogens is 416 g/mol. The highest BCUT2D eigenvalue weighted by molar-refractivity contribution is 9.11. The second-order valence-corrected chi connectivity index (χ2v) is 12.9. The molecule has 0 N–H and O–H groups in total. The quantitative estimate of drug-likeness (QED) is 0.384. The van der Waals surface area contributed by atoms with Crippen LogP contribution >= 0.6 is 15.9 Å². The summed E-state index contributed by atoms with van der Waals surface area (Å²) in [6.07, 6.45) is 4.67. The van der Waals surface area contributed by atoms with E-state index in [9.17, 15) is 9.59 Å². The fraction of sp³-hybridized carbons (Fsp3) is 0.529. The molecule has 0 aliphatic carbocycles. The maximum absolute atomic E-state index is 12.7. The summed E-state index contributed by atoms with van der Waals surface area (Å²) in [6.45, 7) is 11.6. The third kappa shape index (κ3) is 4.39. The van der Waals surface area contributed by atoms with Crippen molar-refractivity contribution < 1.29 is 14.0 Å². The maximum atomic E-state index is 12.7. The highest BCUT2D eigenvalue weighted by Crippen LogP contribution is 2.36. The van der Waals surface area contributed by atoms with Gasteiger partial charge in [0.15, 0.2) is 8.32 Å². The van der Waals surface area contributed by atoms with Crippen LogP contribution < -0.4 is 0 Å². The van der Waals surface area contributed by atoms with Gasteiger partial charge in [-0.15, -0.1) is 0 Å². The van der Waals surface area contributed by atoms with Crippen LogP contribution in [0, 0.1) is 0 Å². The first-order chi connectivity index (χ1) is 12.1. The van der Waals surface area contributed by atoms with Crippen LogP contribution in [-0.2, 0) is 15.8 Å². The Labute approximate surface area is 163 Å². The number of imide groups is 1. The van der Waals surface area contributed by atoms with Gasteiger partial charge in [-0.2, -0.15) is 0 Å². The van der Waals surface area contributed by atoms with Crippen molar-refractivity contribution in [3.8, 4) is 0 Å². The molecule has 3 amide bonds. The third-order valence-corrected chi connectivity index (χ3v) is 9.83. The van der Waals surface area contributed by atoms with Gasteiger partial charge < -0.3 is 4.43 Å². The van der Waals surface area contributed by atoms with Gasteiger partial charge in [-0.05, 0) is 18.1 Å². The van der Waals surface area contributed by atoms with Crippen molar-refractivity contribution in [2.24, 2.45) is 0 Å². The molecule has 2 heterocycles. The Kier molecular flexibility index (Phi) is 6.36. The summed E-state index contributed by atoms with van der Waals surface area (Å²) < 4.78 is 6.10. The molecule has 0 radical (unpaired) electrons. The van der Waals surface area contributed by atoms with Gasteiger partial charge in [0.05, 0.1) is 19.7 Å². The van der Waals surface area contributed by atoms with Crippen LogP contribution in [0.1, 0.15) is 26.3 Å². The van der Waals surface area contributed by atoms with Gasteiger partial charge in [0.1, 0.15) is 12.0 Å².